The summed E-state index contributed by atoms with van der Waals surface area (Å²) in [5, 5.41) is 0. The molecule has 0 saturated carbocycles. The van der Waals surface area contributed by atoms with Crippen molar-refractivity contribution < 1.29 is 9.53 Å². The Balaban J connectivity index is 2.54. The van der Waals surface area contributed by atoms with Crippen molar-refractivity contribution in [1.82, 2.24) is 4.98 Å². The first-order chi connectivity index (χ1) is 9.90. The lowest BCUT2D eigenvalue weighted by Gasteiger charge is -2.14. The van der Waals surface area contributed by atoms with Crippen LogP contribution in [0.2, 0.25) is 0 Å². The topological polar surface area (TPSA) is 91.2 Å². The van der Waals surface area contributed by atoms with E-state index in [2.05, 4.69) is 4.98 Å². The van der Waals surface area contributed by atoms with E-state index >= 15 is 0 Å². The predicted molar refractivity (Wildman–Crippen MR) is 84.6 cm³/mol. The number of primary amides is 1. The smallest absolute Gasteiger partial charge is 0.252 e. The summed E-state index contributed by atoms with van der Waals surface area (Å²) in [7, 11) is 0. The minimum atomic E-state index is -0.577. The molecule has 1 amide bonds. The number of hydrogen-bond acceptors (Lipinski definition) is 4. The summed E-state index contributed by atoms with van der Waals surface area (Å²) in [4.78, 5) is 15.9. The van der Waals surface area contributed by atoms with Gasteiger partial charge >= 0.3 is 0 Å². The van der Waals surface area contributed by atoms with Crippen molar-refractivity contribution >= 4 is 23.1 Å². The van der Waals surface area contributed by atoms with Crippen molar-refractivity contribution in [3.8, 4) is 11.6 Å². The van der Waals surface area contributed by atoms with Gasteiger partial charge in [-0.1, -0.05) is 24.4 Å². The summed E-state index contributed by atoms with van der Waals surface area (Å²) < 4.78 is 5.75. The normalized spacial score (nSPS) is 10.2. The summed E-state index contributed by atoms with van der Waals surface area (Å²) in [5.74, 6) is 0.0144. The van der Waals surface area contributed by atoms with E-state index in [0.717, 1.165) is 11.3 Å². The van der Waals surface area contributed by atoms with Crippen LogP contribution < -0.4 is 16.2 Å². The number of rotatable bonds is 4. The number of aromatic nitrogens is 1. The maximum atomic E-state index is 11.4. The Labute approximate surface area is 127 Å². The molecular weight excluding hydrogens is 286 g/mol. The van der Waals surface area contributed by atoms with Gasteiger partial charge in [0, 0.05) is 5.69 Å². The first kappa shape index (κ1) is 14.9. The molecule has 4 N–H and O–H groups in total. The summed E-state index contributed by atoms with van der Waals surface area (Å²) in [6.07, 6.45) is 0. The predicted octanol–water partition coefficient (Wildman–Crippen LogP) is 2.22. The van der Waals surface area contributed by atoms with Gasteiger partial charge < -0.3 is 16.2 Å². The second-order valence-electron chi connectivity index (χ2n) is 4.59. The Morgan fingerprint density at radius 1 is 1.24 bits per heavy atom. The van der Waals surface area contributed by atoms with Crippen LogP contribution in [-0.4, -0.2) is 15.9 Å². The van der Waals surface area contributed by atoms with E-state index in [1.165, 1.54) is 0 Å². The molecule has 2 rings (SSSR count). The minimum absolute atomic E-state index is 0.187. The number of nitrogens with two attached hydrogens (primary N) is 2. The third-order valence-corrected chi connectivity index (χ3v) is 3.12. The number of benzene rings is 1. The molecule has 2 aromatic rings. The Morgan fingerprint density at radius 3 is 2.52 bits per heavy atom. The van der Waals surface area contributed by atoms with Crippen LogP contribution in [0.25, 0.3) is 0 Å². The fraction of sp³-hybridized carbons (Fsp3) is 0.133. The lowest BCUT2D eigenvalue weighted by Crippen LogP contribution is -2.15. The van der Waals surface area contributed by atoms with Crippen molar-refractivity contribution in [3.05, 3.63) is 52.7 Å². The molecule has 1 heterocycles. The van der Waals surface area contributed by atoms with Crippen molar-refractivity contribution in [2.75, 3.05) is 0 Å². The van der Waals surface area contributed by atoms with Gasteiger partial charge in [0.15, 0.2) is 0 Å². The zero-order valence-electron chi connectivity index (χ0n) is 11.7. The van der Waals surface area contributed by atoms with E-state index < -0.39 is 5.91 Å². The molecular formula is C15H15N3O2S. The Bertz CT molecular complexity index is 729. The number of thiocarbonyl (C=S) groups is 1. The van der Waals surface area contributed by atoms with E-state index in [0.29, 0.717) is 11.3 Å². The molecule has 0 radical (unpaired) electrons. The highest BCUT2D eigenvalue weighted by Gasteiger charge is 2.16. The number of nitrogens with zero attached hydrogens (tertiary/aromatic N) is 1. The zero-order chi connectivity index (χ0) is 15.6. The van der Waals surface area contributed by atoms with Crippen LogP contribution in [0.4, 0.5) is 0 Å². The van der Waals surface area contributed by atoms with Gasteiger partial charge in [0.25, 0.3) is 5.91 Å². The van der Waals surface area contributed by atoms with Crippen LogP contribution in [-0.2, 0) is 0 Å². The van der Waals surface area contributed by atoms with Crippen LogP contribution in [0, 0.1) is 13.8 Å². The molecule has 0 saturated heterocycles. The lowest BCUT2D eigenvalue weighted by molar-refractivity contribution is 0.0998. The summed E-state index contributed by atoms with van der Waals surface area (Å²) in [6.45, 7) is 3.71. The molecule has 0 aliphatic heterocycles. The van der Waals surface area contributed by atoms with Crippen molar-refractivity contribution in [3.63, 3.8) is 0 Å². The average molecular weight is 301 g/mol. The largest absolute Gasteiger partial charge is 0.437 e. The minimum Gasteiger partial charge on any atom is -0.437 e. The van der Waals surface area contributed by atoms with Gasteiger partial charge in [0.2, 0.25) is 5.88 Å². The summed E-state index contributed by atoms with van der Waals surface area (Å²) in [6, 6.07) is 8.53. The van der Waals surface area contributed by atoms with E-state index in [9.17, 15) is 4.79 Å². The van der Waals surface area contributed by atoms with Gasteiger partial charge in [-0.3, -0.25) is 4.79 Å². The Kier molecular flexibility index (Phi) is 4.18. The van der Waals surface area contributed by atoms with E-state index in [-0.39, 0.29) is 16.4 Å². The lowest BCUT2D eigenvalue weighted by atomic mass is 10.1. The third kappa shape index (κ3) is 3.17. The number of para-hydroxylation sites is 1. The molecule has 0 spiro atoms. The van der Waals surface area contributed by atoms with Gasteiger partial charge in [-0.2, -0.15) is 0 Å². The number of aryl methyl sites for hydroxylation is 2. The van der Waals surface area contributed by atoms with Crippen molar-refractivity contribution in [2.24, 2.45) is 11.5 Å². The number of hydrogen-bond donors (Lipinski definition) is 2. The first-order valence-corrected chi connectivity index (χ1v) is 6.65. The second kappa shape index (κ2) is 5.88. The van der Waals surface area contributed by atoms with Crippen LogP contribution in [0.5, 0.6) is 11.6 Å². The molecule has 5 nitrogen and oxygen atoms in total. The number of amides is 1. The standard InChI is InChI=1S/C15H15N3O2S/c1-8-7-9(2)18-15(12(8)14(17)21)20-11-6-4-3-5-10(11)13(16)19/h3-7H,1-2H3,(H2,16,19)(H2,17,21). The molecule has 108 valence electrons. The van der Waals surface area contributed by atoms with Gasteiger partial charge in [-0.15, -0.1) is 0 Å². The van der Waals surface area contributed by atoms with Crippen LogP contribution in [0.1, 0.15) is 27.2 Å². The molecule has 0 atom stereocenters. The van der Waals surface area contributed by atoms with Crippen molar-refractivity contribution in [2.45, 2.75) is 13.8 Å². The molecule has 0 aliphatic rings. The maximum absolute atomic E-state index is 11.4. The van der Waals surface area contributed by atoms with Crippen LogP contribution in [0.3, 0.4) is 0 Å². The van der Waals surface area contributed by atoms with E-state index in [4.69, 9.17) is 28.4 Å². The second-order valence-corrected chi connectivity index (χ2v) is 5.03. The Hall–Kier alpha value is -2.47. The molecule has 0 fully saturated rings. The van der Waals surface area contributed by atoms with Gasteiger partial charge in [-0.25, -0.2) is 4.98 Å². The van der Waals surface area contributed by atoms with E-state index in [1.807, 2.05) is 19.9 Å². The fourth-order valence-corrected chi connectivity index (χ4v) is 2.29. The molecule has 0 bridgehead atoms. The number of carbonyl (C=O) groups is 1. The monoisotopic (exact) mass is 301 g/mol. The van der Waals surface area contributed by atoms with E-state index in [1.54, 1.807) is 24.3 Å². The highest BCUT2D eigenvalue weighted by atomic mass is 32.1. The van der Waals surface area contributed by atoms with Crippen LogP contribution in [0.15, 0.2) is 30.3 Å². The highest BCUT2D eigenvalue weighted by Crippen LogP contribution is 2.28. The molecule has 1 aromatic heterocycles. The van der Waals surface area contributed by atoms with Gasteiger partial charge in [0.05, 0.1) is 11.1 Å². The number of pyridine rings is 1. The molecule has 21 heavy (non-hydrogen) atoms. The zero-order valence-corrected chi connectivity index (χ0v) is 12.5. The number of ether oxygens (including phenoxy) is 1. The average Bonchev–Trinajstić information content (AvgIpc) is 2.37. The summed E-state index contributed by atoms with van der Waals surface area (Å²) >= 11 is 5.05. The van der Waals surface area contributed by atoms with Crippen molar-refractivity contribution in [1.29, 1.82) is 0 Å². The Morgan fingerprint density at radius 2 is 1.90 bits per heavy atom. The third-order valence-electron chi connectivity index (χ3n) is 2.92. The molecule has 6 heteroatoms. The molecule has 1 aromatic carbocycles. The quantitative estimate of drug-likeness (QED) is 0.845. The van der Waals surface area contributed by atoms with Crippen LogP contribution >= 0.6 is 12.2 Å². The molecule has 0 unspecified atom stereocenters. The first-order valence-electron chi connectivity index (χ1n) is 6.25. The fourth-order valence-electron chi connectivity index (χ4n) is 2.04. The van der Waals surface area contributed by atoms with Gasteiger partial charge in [-0.05, 0) is 37.6 Å². The maximum Gasteiger partial charge on any atom is 0.252 e. The SMILES string of the molecule is Cc1cc(C)c(C(N)=S)c(Oc2ccccc2C(N)=O)n1. The summed E-state index contributed by atoms with van der Waals surface area (Å²) in [5.41, 5.74) is 13.5. The number of carbonyl (C=O) groups excluding carboxylic acids is 1. The highest BCUT2D eigenvalue weighted by molar-refractivity contribution is 7.80. The van der Waals surface area contributed by atoms with Gasteiger partial charge in [0.1, 0.15) is 10.7 Å². The molecule has 0 aliphatic carbocycles.